The van der Waals surface area contributed by atoms with Gasteiger partial charge in [-0.3, -0.25) is 9.59 Å². The number of carbonyl (C=O) groups excluding carboxylic acids is 2. The topological polar surface area (TPSA) is 55.8 Å². The summed E-state index contributed by atoms with van der Waals surface area (Å²) in [7, 11) is 1.64. The van der Waals surface area contributed by atoms with Crippen molar-refractivity contribution in [2.75, 3.05) is 20.3 Å². The van der Waals surface area contributed by atoms with Gasteiger partial charge in [0, 0.05) is 23.1 Å². The Morgan fingerprint density at radius 2 is 1.88 bits per heavy atom. The summed E-state index contributed by atoms with van der Waals surface area (Å²) < 4.78 is 10.8. The highest BCUT2D eigenvalue weighted by Crippen LogP contribution is 2.53. The van der Waals surface area contributed by atoms with Crippen LogP contribution in [0.25, 0.3) is 0 Å². The number of amides is 1. The number of halogens is 2. The smallest absolute Gasteiger partial charge is 0.307 e. The molecule has 0 aliphatic carbocycles. The van der Waals surface area contributed by atoms with E-state index in [0.717, 1.165) is 17.5 Å². The third-order valence-corrected chi connectivity index (χ3v) is 7.17. The molecule has 2 fully saturated rings. The fraction of sp³-hybridized carbons (Fsp3) is 0.440. The molecule has 2 aliphatic heterocycles. The minimum absolute atomic E-state index is 0.0505. The van der Waals surface area contributed by atoms with Gasteiger partial charge in [0.2, 0.25) is 5.91 Å². The van der Waals surface area contributed by atoms with Crippen molar-refractivity contribution in [3.63, 3.8) is 0 Å². The number of piperidine rings is 1. The number of nitrogens with zero attached hydrogens (tertiary/aromatic N) is 1. The van der Waals surface area contributed by atoms with Crippen molar-refractivity contribution in [1.29, 1.82) is 0 Å². The van der Waals surface area contributed by atoms with Crippen LogP contribution in [0.4, 0.5) is 0 Å². The van der Waals surface area contributed by atoms with Crippen molar-refractivity contribution in [3.05, 3.63) is 69.7 Å². The number of carbonyl (C=O) groups is 2. The molecule has 5 nitrogen and oxygen atoms in total. The molecular weight excluding hydrogens is 449 g/mol. The molecule has 4 unspecified atom stereocenters. The zero-order valence-corrected chi connectivity index (χ0v) is 19.7. The molecule has 0 aromatic heterocycles. The first-order valence-electron chi connectivity index (χ1n) is 10.9. The van der Waals surface area contributed by atoms with Crippen LogP contribution < -0.4 is 0 Å². The lowest BCUT2D eigenvalue weighted by Gasteiger charge is -2.51. The highest BCUT2D eigenvalue weighted by molar-refractivity contribution is 6.30. The predicted octanol–water partition coefficient (Wildman–Crippen LogP) is 5.41. The molecule has 0 N–H and O–H groups in total. The second-order valence-corrected chi connectivity index (χ2v) is 9.58. The van der Waals surface area contributed by atoms with Gasteiger partial charge in [0.15, 0.2) is 0 Å². The molecule has 0 saturated carbocycles. The van der Waals surface area contributed by atoms with Gasteiger partial charge in [-0.25, -0.2) is 0 Å². The van der Waals surface area contributed by atoms with E-state index in [1.165, 1.54) is 0 Å². The zero-order valence-electron chi connectivity index (χ0n) is 18.2. The van der Waals surface area contributed by atoms with Gasteiger partial charge in [-0.2, -0.15) is 0 Å². The molecule has 7 heteroatoms. The van der Waals surface area contributed by atoms with Crippen LogP contribution in [0.3, 0.4) is 0 Å². The predicted molar refractivity (Wildman–Crippen MR) is 124 cm³/mol. The molecule has 2 saturated heterocycles. The maximum absolute atomic E-state index is 14.1. The van der Waals surface area contributed by atoms with Gasteiger partial charge in [-0.1, -0.05) is 54.4 Å². The number of hydrogen-bond acceptors (Lipinski definition) is 4. The summed E-state index contributed by atoms with van der Waals surface area (Å²) in [5.41, 5.74) is 1.14. The Kier molecular flexibility index (Phi) is 6.80. The molecule has 2 aliphatic rings. The number of ether oxygens (including phenoxy) is 2. The third kappa shape index (κ3) is 4.26. The summed E-state index contributed by atoms with van der Waals surface area (Å²) in [5.74, 6) is -0.452. The van der Waals surface area contributed by atoms with Crippen molar-refractivity contribution in [3.8, 4) is 0 Å². The van der Waals surface area contributed by atoms with Crippen molar-refractivity contribution in [1.82, 2.24) is 4.90 Å². The Morgan fingerprint density at radius 1 is 1.12 bits per heavy atom. The average Bonchev–Trinajstić information content (AvgIpc) is 3.16. The van der Waals surface area contributed by atoms with E-state index in [4.69, 9.17) is 32.7 Å². The van der Waals surface area contributed by atoms with Gasteiger partial charge in [-0.15, -0.1) is 0 Å². The van der Waals surface area contributed by atoms with Crippen molar-refractivity contribution in [2.45, 2.75) is 44.2 Å². The standard InChI is InChI=1S/C25H27Cl2NO4/c1-3-20(14-31-2)28-23(16-7-9-18(26)10-8-16)21(17-5-4-6-19(27)11-17)12-25(24(28)30)13-22(29)32-15-25/h4-11,20-21,23H,3,12-15H2,1-2H3. The van der Waals surface area contributed by atoms with E-state index < -0.39 is 5.41 Å². The van der Waals surface area contributed by atoms with E-state index in [1.54, 1.807) is 7.11 Å². The average molecular weight is 476 g/mol. The van der Waals surface area contributed by atoms with E-state index in [-0.39, 0.29) is 42.9 Å². The van der Waals surface area contributed by atoms with Crippen LogP contribution >= 0.6 is 23.2 Å². The number of rotatable bonds is 6. The molecule has 4 rings (SSSR count). The zero-order chi connectivity index (χ0) is 22.9. The Hall–Kier alpha value is -2.08. The minimum atomic E-state index is -0.881. The number of cyclic esters (lactones) is 1. The van der Waals surface area contributed by atoms with Crippen molar-refractivity contribution in [2.24, 2.45) is 5.41 Å². The Balaban J connectivity index is 1.90. The van der Waals surface area contributed by atoms with E-state index in [9.17, 15) is 9.59 Å². The van der Waals surface area contributed by atoms with E-state index >= 15 is 0 Å². The SMILES string of the molecule is CCC(COC)N1C(=O)C2(COC(=O)C2)CC(c2cccc(Cl)c2)C1c1ccc(Cl)cc1. The fourth-order valence-electron chi connectivity index (χ4n) is 5.15. The second-order valence-electron chi connectivity index (χ2n) is 8.71. The van der Waals surface area contributed by atoms with Crippen LogP contribution in [-0.4, -0.2) is 43.1 Å². The van der Waals surface area contributed by atoms with Crippen LogP contribution in [0.5, 0.6) is 0 Å². The lowest BCUT2D eigenvalue weighted by Crippen LogP contribution is -2.57. The van der Waals surface area contributed by atoms with Crippen LogP contribution in [0.15, 0.2) is 48.5 Å². The van der Waals surface area contributed by atoms with E-state index in [1.807, 2.05) is 60.4 Å². The van der Waals surface area contributed by atoms with Crippen LogP contribution in [0, 0.1) is 5.41 Å². The maximum atomic E-state index is 14.1. The first-order chi connectivity index (χ1) is 15.4. The van der Waals surface area contributed by atoms with Crippen molar-refractivity contribution < 1.29 is 19.1 Å². The van der Waals surface area contributed by atoms with Gasteiger partial charge >= 0.3 is 5.97 Å². The molecule has 2 aromatic carbocycles. The molecule has 170 valence electrons. The minimum Gasteiger partial charge on any atom is -0.464 e. The molecule has 4 atom stereocenters. The van der Waals surface area contributed by atoms with Crippen LogP contribution in [0.1, 0.15) is 49.3 Å². The lowest BCUT2D eigenvalue weighted by atomic mass is 9.67. The van der Waals surface area contributed by atoms with E-state index in [2.05, 4.69) is 0 Å². The summed E-state index contributed by atoms with van der Waals surface area (Å²) in [6.07, 6.45) is 1.32. The molecule has 32 heavy (non-hydrogen) atoms. The van der Waals surface area contributed by atoms with Gasteiger partial charge in [0.05, 0.1) is 30.5 Å². The normalized spacial score (nSPS) is 26.4. The highest BCUT2D eigenvalue weighted by atomic mass is 35.5. The summed E-state index contributed by atoms with van der Waals surface area (Å²) in [6.45, 7) is 2.55. The molecule has 1 amide bonds. The van der Waals surface area contributed by atoms with Crippen LogP contribution in [-0.2, 0) is 19.1 Å². The molecule has 2 heterocycles. The van der Waals surface area contributed by atoms with Gasteiger partial charge in [-0.05, 0) is 48.2 Å². The monoisotopic (exact) mass is 475 g/mol. The Bertz CT molecular complexity index is 996. The first kappa shape index (κ1) is 23.1. The Morgan fingerprint density at radius 3 is 2.47 bits per heavy atom. The molecule has 1 spiro atoms. The fourth-order valence-corrected chi connectivity index (χ4v) is 5.47. The third-order valence-electron chi connectivity index (χ3n) is 6.68. The van der Waals surface area contributed by atoms with Crippen LogP contribution in [0.2, 0.25) is 10.0 Å². The first-order valence-corrected chi connectivity index (χ1v) is 11.6. The number of methoxy groups -OCH3 is 1. The van der Waals surface area contributed by atoms with Gasteiger partial charge < -0.3 is 14.4 Å². The quantitative estimate of drug-likeness (QED) is 0.524. The van der Waals surface area contributed by atoms with Gasteiger partial charge in [0.25, 0.3) is 0 Å². The number of esters is 1. The van der Waals surface area contributed by atoms with Gasteiger partial charge in [0.1, 0.15) is 6.61 Å². The number of benzene rings is 2. The largest absolute Gasteiger partial charge is 0.464 e. The number of likely N-dealkylation sites (tertiary alicyclic amines) is 1. The second kappa shape index (κ2) is 9.42. The summed E-state index contributed by atoms with van der Waals surface area (Å²) in [6, 6.07) is 15.0. The highest BCUT2D eigenvalue weighted by Gasteiger charge is 2.57. The summed E-state index contributed by atoms with van der Waals surface area (Å²) in [5, 5.41) is 1.27. The molecule has 0 bridgehead atoms. The maximum Gasteiger partial charge on any atom is 0.307 e. The summed E-state index contributed by atoms with van der Waals surface area (Å²) in [4.78, 5) is 28.2. The Labute approximate surface area is 198 Å². The molecule has 2 aromatic rings. The summed E-state index contributed by atoms with van der Waals surface area (Å²) >= 11 is 12.5. The molecular formula is C25H27Cl2NO4. The van der Waals surface area contributed by atoms with Crippen molar-refractivity contribution >= 4 is 35.1 Å². The molecule has 0 radical (unpaired) electrons. The van der Waals surface area contributed by atoms with E-state index in [0.29, 0.717) is 23.1 Å². The lowest BCUT2D eigenvalue weighted by molar-refractivity contribution is -0.157. The number of hydrogen-bond donors (Lipinski definition) is 0.